The third kappa shape index (κ3) is 4.44. The molecule has 0 aliphatic heterocycles. The Morgan fingerprint density at radius 1 is 0.967 bits per heavy atom. The highest BCUT2D eigenvalue weighted by Gasteiger charge is 2.08. The summed E-state index contributed by atoms with van der Waals surface area (Å²) in [6.45, 7) is 0.367. The van der Waals surface area contributed by atoms with Crippen LogP contribution in [0.2, 0.25) is 0 Å². The van der Waals surface area contributed by atoms with E-state index >= 15 is 0 Å². The van der Waals surface area contributed by atoms with E-state index in [1.807, 2.05) is 30.3 Å². The predicted octanol–water partition coefficient (Wildman–Crippen LogP) is 4.68. The van der Waals surface area contributed by atoms with Gasteiger partial charge in [-0.2, -0.15) is 5.10 Å². The molecule has 0 saturated carbocycles. The van der Waals surface area contributed by atoms with Gasteiger partial charge in [-0.15, -0.1) is 4.68 Å². The number of fused-ring (bicyclic) bond motifs is 1. The van der Waals surface area contributed by atoms with Crippen molar-refractivity contribution in [2.45, 2.75) is 6.61 Å². The largest absolute Gasteiger partial charge is 0.488 e. The Hall–Kier alpha value is -2.97. The molecule has 0 amide bonds. The van der Waals surface area contributed by atoms with Crippen molar-refractivity contribution in [2.75, 3.05) is 0 Å². The normalized spacial score (nSPS) is 11.3. The number of nitrogens with one attached hydrogen (secondary N) is 1. The first-order chi connectivity index (χ1) is 14.5. The minimum atomic E-state index is -0.609. The Bertz CT molecular complexity index is 1360. The second-order valence-electron chi connectivity index (χ2n) is 6.43. The standard InChI is InChI=1S/C22H15Br2N3O3/c23-16-7-5-14(6-8-16)13-30-20-10-9-17(24)11-15(20)12-25-27-21(28)18-3-1-2-4-19(18)26-22(27)29/h1-12H,13H2,(H,26,29). The first kappa shape index (κ1) is 20.3. The minimum absolute atomic E-state index is 0.367. The molecular weight excluding hydrogens is 514 g/mol. The molecule has 0 spiro atoms. The summed E-state index contributed by atoms with van der Waals surface area (Å²) in [4.78, 5) is 27.6. The van der Waals surface area contributed by atoms with Crippen molar-refractivity contribution >= 4 is 49.0 Å². The van der Waals surface area contributed by atoms with Gasteiger partial charge in [-0.05, 0) is 48.0 Å². The van der Waals surface area contributed by atoms with Gasteiger partial charge in [0.1, 0.15) is 12.4 Å². The molecule has 4 rings (SSSR count). The quantitative estimate of drug-likeness (QED) is 0.382. The Kier molecular flexibility index (Phi) is 5.96. The number of H-pyrrole nitrogens is 1. The number of nitrogens with zero attached hydrogens (tertiary/aromatic N) is 2. The summed E-state index contributed by atoms with van der Waals surface area (Å²) in [6.07, 6.45) is 1.44. The molecule has 1 aromatic heterocycles. The molecule has 0 aliphatic carbocycles. The van der Waals surface area contributed by atoms with Gasteiger partial charge < -0.3 is 9.72 Å². The highest BCUT2D eigenvalue weighted by atomic mass is 79.9. The van der Waals surface area contributed by atoms with Crippen LogP contribution in [0.15, 0.2) is 90.4 Å². The molecule has 6 nitrogen and oxygen atoms in total. The van der Waals surface area contributed by atoms with Gasteiger partial charge >= 0.3 is 5.69 Å². The van der Waals surface area contributed by atoms with Gasteiger partial charge in [0.05, 0.1) is 17.1 Å². The van der Waals surface area contributed by atoms with Crippen LogP contribution >= 0.6 is 31.9 Å². The van der Waals surface area contributed by atoms with Crippen LogP contribution in [0.3, 0.4) is 0 Å². The lowest BCUT2D eigenvalue weighted by atomic mass is 10.2. The monoisotopic (exact) mass is 527 g/mol. The fourth-order valence-corrected chi connectivity index (χ4v) is 3.51. The minimum Gasteiger partial charge on any atom is -0.488 e. The number of halogens is 2. The van der Waals surface area contributed by atoms with Gasteiger partial charge in [0.25, 0.3) is 5.56 Å². The second-order valence-corrected chi connectivity index (χ2v) is 8.27. The first-order valence-corrected chi connectivity index (χ1v) is 10.5. The maximum atomic E-state index is 12.6. The summed E-state index contributed by atoms with van der Waals surface area (Å²) >= 11 is 6.84. The molecular formula is C22H15Br2N3O3. The zero-order chi connectivity index (χ0) is 21.1. The topological polar surface area (TPSA) is 76.5 Å². The van der Waals surface area contributed by atoms with Crippen molar-refractivity contribution in [3.63, 3.8) is 0 Å². The van der Waals surface area contributed by atoms with E-state index in [0.29, 0.717) is 28.8 Å². The molecule has 4 aromatic rings. The van der Waals surface area contributed by atoms with Gasteiger partial charge in [0.2, 0.25) is 0 Å². The van der Waals surface area contributed by atoms with E-state index in [2.05, 4.69) is 41.9 Å². The number of para-hydroxylation sites is 1. The van der Waals surface area contributed by atoms with E-state index in [9.17, 15) is 9.59 Å². The van der Waals surface area contributed by atoms with E-state index in [4.69, 9.17) is 4.74 Å². The second kappa shape index (κ2) is 8.81. The molecule has 0 radical (unpaired) electrons. The summed E-state index contributed by atoms with van der Waals surface area (Å²) in [5.74, 6) is 0.579. The molecule has 0 atom stereocenters. The lowest BCUT2D eigenvalue weighted by Gasteiger charge is -2.10. The molecule has 150 valence electrons. The van der Waals surface area contributed by atoms with Crippen LogP contribution in [-0.2, 0) is 6.61 Å². The fourth-order valence-electron chi connectivity index (χ4n) is 2.87. The van der Waals surface area contributed by atoms with E-state index in [1.54, 1.807) is 36.4 Å². The van der Waals surface area contributed by atoms with Crippen LogP contribution in [0.5, 0.6) is 5.75 Å². The number of rotatable bonds is 5. The molecule has 0 saturated heterocycles. The number of ether oxygens (including phenoxy) is 1. The zero-order valence-corrected chi connectivity index (χ0v) is 18.7. The summed E-state index contributed by atoms with van der Waals surface area (Å²) in [7, 11) is 0. The third-order valence-corrected chi connectivity index (χ3v) is 5.40. The van der Waals surface area contributed by atoms with Crippen LogP contribution in [0.25, 0.3) is 10.9 Å². The molecule has 0 aliphatic rings. The molecule has 0 fully saturated rings. The van der Waals surface area contributed by atoms with Crippen molar-refractivity contribution < 1.29 is 4.74 Å². The van der Waals surface area contributed by atoms with E-state index < -0.39 is 11.2 Å². The van der Waals surface area contributed by atoms with Gasteiger partial charge in [-0.1, -0.05) is 56.1 Å². The number of aromatic amines is 1. The van der Waals surface area contributed by atoms with Gasteiger partial charge in [-0.3, -0.25) is 4.79 Å². The summed E-state index contributed by atoms with van der Waals surface area (Å²) in [5, 5.41) is 4.51. The van der Waals surface area contributed by atoms with Crippen LogP contribution in [0.4, 0.5) is 0 Å². The van der Waals surface area contributed by atoms with Crippen molar-refractivity contribution in [1.29, 1.82) is 0 Å². The Labute approximate surface area is 188 Å². The number of benzene rings is 3. The first-order valence-electron chi connectivity index (χ1n) is 8.96. The smallest absolute Gasteiger partial charge is 0.349 e. The summed E-state index contributed by atoms with van der Waals surface area (Å²) in [6, 6.07) is 20.1. The van der Waals surface area contributed by atoms with Crippen molar-refractivity contribution in [3.05, 3.63) is 108 Å². The number of hydrogen-bond acceptors (Lipinski definition) is 4. The van der Waals surface area contributed by atoms with E-state index in [1.165, 1.54) is 6.21 Å². The summed E-state index contributed by atoms with van der Waals surface area (Å²) < 4.78 is 8.56. The fraction of sp³-hybridized carbons (Fsp3) is 0.0455. The molecule has 0 unspecified atom stereocenters. The Morgan fingerprint density at radius 3 is 2.50 bits per heavy atom. The predicted molar refractivity (Wildman–Crippen MR) is 124 cm³/mol. The molecule has 1 heterocycles. The van der Waals surface area contributed by atoms with Gasteiger partial charge in [-0.25, -0.2) is 4.79 Å². The van der Waals surface area contributed by atoms with Crippen LogP contribution in [0, 0.1) is 0 Å². The highest BCUT2D eigenvalue weighted by molar-refractivity contribution is 9.10. The van der Waals surface area contributed by atoms with Crippen LogP contribution in [-0.4, -0.2) is 15.9 Å². The van der Waals surface area contributed by atoms with Crippen LogP contribution < -0.4 is 16.0 Å². The molecule has 8 heteroatoms. The van der Waals surface area contributed by atoms with Crippen molar-refractivity contribution in [2.24, 2.45) is 5.10 Å². The molecule has 3 aromatic carbocycles. The highest BCUT2D eigenvalue weighted by Crippen LogP contribution is 2.23. The van der Waals surface area contributed by atoms with E-state index in [0.717, 1.165) is 19.2 Å². The maximum Gasteiger partial charge on any atom is 0.349 e. The average Bonchev–Trinajstić information content (AvgIpc) is 2.74. The molecule has 1 N–H and O–H groups in total. The third-order valence-electron chi connectivity index (χ3n) is 4.38. The maximum absolute atomic E-state index is 12.6. The number of aromatic nitrogens is 2. The SMILES string of the molecule is O=c1[nH]c2ccccc2c(=O)n1N=Cc1cc(Br)ccc1OCc1ccc(Br)cc1. The summed E-state index contributed by atoms with van der Waals surface area (Å²) in [5.41, 5.74) is 1.01. The van der Waals surface area contributed by atoms with Crippen molar-refractivity contribution in [3.8, 4) is 5.75 Å². The van der Waals surface area contributed by atoms with Gasteiger partial charge in [0.15, 0.2) is 0 Å². The van der Waals surface area contributed by atoms with Crippen molar-refractivity contribution in [1.82, 2.24) is 9.66 Å². The Balaban J connectivity index is 1.66. The lowest BCUT2D eigenvalue weighted by molar-refractivity contribution is 0.305. The lowest BCUT2D eigenvalue weighted by Crippen LogP contribution is -2.32. The molecule has 30 heavy (non-hydrogen) atoms. The van der Waals surface area contributed by atoms with Crippen LogP contribution in [0.1, 0.15) is 11.1 Å². The molecule has 0 bridgehead atoms. The van der Waals surface area contributed by atoms with E-state index in [-0.39, 0.29) is 0 Å². The zero-order valence-electron chi connectivity index (χ0n) is 15.5. The van der Waals surface area contributed by atoms with Gasteiger partial charge in [0, 0.05) is 14.5 Å². The number of hydrogen-bond donors (Lipinski definition) is 1. The average molecular weight is 529 g/mol. The Morgan fingerprint density at radius 2 is 1.70 bits per heavy atom.